The molecule has 1 aliphatic heterocycles. The summed E-state index contributed by atoms with van der Waals surface area (Å²) in [7, 11) is 0. The molecule has 138 valence electrons. The van der Waals surface area contributed by atoms with Gasteiger partial charge in [0.25, 0.3) is 5.91 Å². The number of ether oxygens (including phenoxy) is 2. The molecule has 5 nitrogen and oxygen atoms in total. The summed E-state index contributed by atoms with van der Waals surface area (Å²) in [4.78, 5) is 14.9. The van der Waals surface area contributed by atoms with Crippen LogP contribution >= 0.6 is 0 Å². The Kier molecular flexibility index (Phi) is 6.63. The Hall–Kier alpha value is -2.37. The largest absolute Gasteiger partial charge is 0.457 e. The SMILES string of the molecule is NCCCOC1CCN(C(=O)c2ccccc2Oc2ccccc2)CC1. The number of nitrogens with zero attached hydrogens (tertiary/aromatic N) is 1. The molecule has 1 saturated heterocycles. The molecule has 0 unspecified atom stereocenters. The molecule has 0 atom stereocenters. The van der Waals surface area contributed by atoms with Crippen LogP contribution in [0.1, 0.15) is 29.6 Å². The van der Waals surface area contributed by atoms with E-state index in [0.29, 0.717) is 37.6 Å². The van der Waals surface area contributed by atoms with Gasteiger partial charge in [0.1, 0.15) is 11.5 Å². The van der Waals surface area contributed by atoms with Crippen LogP contribution in [0, 0.1) is 0 Å². The normalized spacial score (nSPS) is 15.0. The first kappa shape index (κ1) is 18.4. The zero-order valence-corrected chi connectivity index (χ0v) is 15.0. The van der Waals surface area contributed by atoms with Gasteiger partial charge in [-0.3, -0.25) is 4.79 Å². The number of benzene rings is 2. The maximum absolute atomic E-state index is 13.0. The van der Waals surface area contributed by atoms with Gasteiger partial charge >= 0.3 is 0 Å². The Morgan fingerprint density at radius 3 is 2.46 bits per heavy atom. The highest BCUT2D eigenvalue weighted by Crippen LogP contribution is 2.27. The number of carbonyl (C=O) groups is 1. The number of nitrogens with two attached hydrogens (primary N) is 1. The fourth-order valence-corrected chi connectivity index (χ4v) is 3.08. The number of carbonyl (C=O) groups excluding carboxylic acids is 1. The monoisotopic (exact) mass is 354 g/mol. The van der Waals surface area contributed by atoms with E-state index < -0.39 is 0 Å². The quantitative estimate of drug-likeness (QED) is 0.774. The molecule has 1 aliphatic rings. The third kappa shape index (κ3) is 4.84. The molecule has 2 aromatic rings. The van der Waals surface area contributed by atoms with E-state index in [1.54, 1.807) is 0 Å². The zero-order chi connectivity index (χ0) is 18.2. The predicted octanol–water partition coefficient (Wildman–Crippen LogP) is 3.45. The molecule has 26 heavy (non-hydrogen) atoms. The van der Waals surface area contributed by atoms with Gasteiger partial charge in [-0.05, 0) is 50.1 Å². The van der Waals surface area contributed by atoms with E-state index >= 15 is 0 Å². The second-order valence-electron chi connectivity index (χ2n) is 6.42. The maximum Gasteiger partial charge on any atom is 0.257 e. The van der Waals surface area contributed by atoms with Crippen LogP contribution in [-0.4, -0.2) is 43.2 Å². The summed E-state index contributed by atoms with van der Waals surface area (Å²) in [5, 5.41) is 0. The van der Waals surface area contributed by atoms with Gasteiger partial charge in [0.2, 0.25) is 0 Å². The second-order valence-corrected chi connectivity index (χ2v) is 6.42. The number of hydrogen-bond donors (Lipinski definition) is 1. The van der Waals surface area contributed by atoms with Crippen LogP contribution < -0.4 is 10.5 Å². The number of likely N-dealkylation sites (tertiary alicyclic amines) is 1. The third-order valence-electron chi connectivity index (χ3n) is 4.52. The van der Waals surface area contributed by atoms with E-state index in [1.165, 1.54) is 0 Å². The number of piperidine rings is 1. The summed E-state index contributed by atoms with van der Waals surface area (Å²) in [5.41, 5.74) is 6.09. The number of rotatable bonds is 7. The Balaban J connectivity index is 1.62. The highest BCUT2D eigenvalue weighted by Gasteiger charge is 2.25. The summed E-state index contributed by atoms with van der Waals surface area (Å²) >= 11 is 0. The Morgan fingerprint density at radius 1 is 1.04 bits per heavy atom. The first-order valence-corrected chi connectivity index (χ1v) is 9.21. The Bertz CT molecular complexity index is 697. The minimum absolute atomic E-state index is 0.0111. The van der Waals surface area contributed by atoms with Crippen molar-refractivity contribution in [1.82, 2.24) is 4.90 Å². The van der Waals surface area contributed by atoms with Crippen molar-refractivity contribution in [3.8, 4) is 11.5 Å². The van der Waals surface area contributed by atoms with Gasteiger partial charge in [0, 0.05) is 19.7 Å². The fourth-order valence-electron chi connectivity index (χ4n) is 3.08. The van der Waals surface area contributed by atoms with Gasteiger partial charge < -0.3 is 20.1 Å². The van der Waals surface area contributed by atoms with E-state index in [4.69, 9.17) is 15.2 Å². The van der Waals surface area contributed by atoms with Crippen molar-refractivity contribution >= 4 is 5.91 Å². The van der Waals surface area contributed by atoms with Gasteiger partial charge in [0.05, 0.1) is 11.7 Å². The molecule has 0 aromatic heterocycles. The smallest absolute Gasteiger partial charge is 0.257 e. The molecule has 3 rings (SSSR count). The van der Waals surface area contributed by atoms with E-state index in [-0.39, 0.29) is 12.0 Å². The van der Waals surface area contributed by atoms with Crippen LogP contribution in [0.25, 0.3) is 0 Å². The standard InChI is InChI=1S/C21H26N2O3/c22-13-6-16-25-17-11-14-23(15-12-17)21(24)19-9-4-5-10-20(19)26-18-7-2-1-3-8-18/h1-5,7-10,17H,6,11-16,22H2. The minimum Gasteiger partial charge on any atom is -0.457 e. The van der Waals surface area contributed by atoms with Gasteiger partial charge in [-0.25, -0.2) is 0 Å². The van der Waals surface area contributed by atoms with Crippen LogP contribution in [0.2, 0.25) is 0 Å². The lowest BCUT2D eigenvalue weighted by Crippen LogP contribution is -2.41. The third-order valence-corrected chi connectivity index (χ3v) is 4.52. The lowest BCUT2D eigenvalue weighted by Gasteiger charge is -2.32. The minimum atomic E-state index is 0.0111. The van der Waals surface area contributed by atoms with Crippen molar-refractivity contribution in [2.75, 3.05) is 26.2 Å². The molecule has 2 N–H and O–H groups in total. The predicted molar refractivity (Wildman–Crippen MR) is 102 cm³/mol. The van der Waals surface area contributed by atoms with Crippen molar-refractivity contribution in [2.45, 2.75) is 25.4 Å². The molecule has 2 aromatic carbocycles. The van der Waals surface area contributed by atoms with E-state index in [1.807, 2.05) is 59.5 Å². The maximum atomic E-state index is 13.0. The first-order valence-electron chi connectivity index (χ1n) is 9.21. The molecule has 0 aliphatic carbocycles. The lowest BCUT2D eigenvalue weighted by molar-refractivity contribution is 0.00839. The Morgan fingerprint density at radius 2 is 1.73 bits per heavy atom. The van der Waals surface area contributed by atoms with Gasteiger partial charge in [-0.15, -0.1) is 0 Å². The van der Waals surface area contributed by atoms with Crippen LogP contribution in [0.3, 0.4) is 0 Å². The van der Waals surface area contributed by atoms with Crippen molar-refractivity contribution in [1.29, 1.82) is 0 Å². The molecule has 0 spiro atoms. The lowest BCUT2D eigenvalue weighted by atomic mass is 10.1. The van der Waals surface area contributed by atoms with Crippen LogP contribution in [0.15, 0.2) is 54.6 Å². The van der Waals surface area contributed by atoms with E-state index in [9.17, 15) is 4.79 Å². The molecule has 0 radical (unpaired) electrons. The molecule has 1 fully saturated rings. The molecule has 5 heteroatoms. The highest BCUT2D eigenvalue weighted by molar-refractivity contribution is 5.97. The van der Waals surface area contributed by atoms with Gasteiger partial charge in [0.15, 0.2) is 0 Å². The summed E-state index contributed by atoms with van der Waals surface area (Å²) in [6.45, 7) is 2.75. The van der Waals surface area contributed by atoms with Gasteiger partial charge in [-0.2, -0.15) is 0 Å². The molecular formula is C21H26N2O3. The van der Waals surface area contributed by atoms with E-state index in [0.717, 1.165) is 25.0 Å². The van der Waals surface area contributed by atoms with Gasteiger partial charge in [-0.1, -0.05) is 30.3 Å². The summed E-state index contributed by atoms with van der Waals surface area (Å²) in [5.74, 6) is 1.32. The highest BCUT2D eigenvalue weighted by atomic mass is 16.5. The second kappa shape index (κ2) is 9.36. The molecular weight excluding hydrogens is 328 g/mol. The van der Waals surface area contributed by atoms with Crippen LogP contribution in [-0.2, 0) is 4.74 Å². The van der Waals surface area contributed by atoms with E-state index in [2.05, 4.69) is 0 Å². The van der Waals surface area contributed by atoms with Crippen LogP contribution in [0.5, 0.6) is 11.5 Å². The van der Waals surface area contributed by atoms with Crippen molar-refractivity contribution in [3.05, 3.63) is 60.2 Å². The molecule has 0 saturated carbocycles. The number of para-hydroxylation sites is 2. The first-order chi connectivity index (χ1) is 12.8. The zero-order valence-electron chi connectivity index (χ0n) is 15.0. The fraction of sp³-hybridized carbons (Fsp3) is 0.381. The summed E-state index contributed by atoms with van der Waals surface area (Å²) < 4.78 is 11.7. The Labute approximate surface area is 154 Å². The average molecular weight is 354 g/mol. The topological polar surface area (TPSA) is 64.8 Å². The molecule has 1 amide bonds. The number of amides is 1. The summed E-state index contributed by atoms with van der Waals surface area (Å²) in [6, 6.07) is 16.9. The van der Waals surface area contributed by atoms with Crippen LogP contribution in [0.4, 0.5) is 0 Å². The molecule has 0 bridgehead atoms. The molecule has 1 heterocycles. The average Bonchev–Trinajstić information content (AvgIpc) is 2.69. The number of hydrogen-bond acceptors (Lipinski definition) is 4. The van der Waals surface area contributed by atoms with Crippen molar-refractivity contribution in [2.24, 2.45) is 5.73 Å². The van der Waals surface area contributed by atoms with Crippen molar-refractivity contribution < 1.29 is 14.3 Å². The summed E-state index contributed by atoms with van der Waals surface area (Å²) in [6.07, 6.45) is 2.82. The van der Waals surface area contributed by atoms with Crippen molar-refractivity contribution in [3.63, 3.8) is 0 Å².